The van der Waals surface area contributed by atoms with Gasteiger partial charge in [0.2, 0.25) is 0 Å². The van der Waals surface area contributed by atoms with Crippen LogP contribution in [0, 0.1) is 0 Å². The summed E-state index contributed by atoms with van der Waals surface area (Å²) in [7, 11) is -2.24. The number of hydrogen-bond donors (Lipinski definition) is 0. The largest absolute Gasteiger partial charge is 0.538 e. The molecular weight excluding hydrogens is 141 g/mol. The molecular formula is C5H9BF2O2. The molecule has 0 bridgehead atoms. The highest BCUT2D eigenvalue weighted by atomic mass is 19.2. The molecule has 0 saturated carbocycles. The first-order valence-corrected chi connectivity index (χ1v) is 3.30. The predicted molar refractivity (Wildman–Crippen MR) is 33.1 cm³/mol. The molecule has 1 aliphatic heterocycles. The summed E-state index contributed by atoms with van der Waals surface area (Å²) in [5.74, 6) is 0. The Morgan fingerprint density at radius 1 is 1.30 bits per heavy atom. The van der Waals surface area contributed by atoms with Crippen molar-refractivity contribution in [3.63, 3.8) is 0 Å². The van der Waals surface area contributed by atoms with E-state index in [2.05, 4.69) is 0 Å². The molecule has 0 aromatic carbocycles. The van der Waals surface area contributed by atoms with Gasteiger partial charge in [0.05, 0.1) is 13.2 Å². The molecule has 1 fully saturated rings. The summed E-state index contributed by atoms with van der Waals surface area (Å²) in [6, 6.07) is 0. The topological polar surface area (TPSA) is 18.5 Å². The lowest BCUT2D eigenvalue weighted by Crippen LogP contribution is -2.10. The Morgan fingerprint density at radius 3 is 2.40 bits per heavy atom. The van der Waals surface area contributed by atoms with E-state index in [0.29, 0.717) is 19.6 Å². The quantitative estimate of drug-likeness (QED) is 0.562. The fraction of sp³-hybridized carbons (Fsp3) is 1.00. The molecule has 1 heterocycles. The van der Waals surface area contributed by atoms with Crippen LogP contribution in [0.4, 0.5) is 8.63 Å². The van der Waals surface area contributed by atoms with Gasteiger partial charge in [-0.25, -0.2) is 0 Å². The van der Waals surface area contributed by atoms with E-state index < -0.39 is 7.27 Å². The molecule has 1 rings (SSSR count). The third-order valence-corrected chi connectivity index (χ3v) is 1.31. The first kappa shape index (κ1) is 7.95. The first-order valence-electron chi connectivity index (χ1n) is 3.30. The minimum Gasteiger partial charge on any atom is -0.350 e. The molecule has 0 aliphatic carbocycles. The van der Waals surface area contributed by atoms with E-state index in [1.807, 2.05) is 0 Å². The summed E-state index contributed by atoms with van der Waals surface area (Å²) in [4.78, 5) is 0. The molecule has 0 amide bonds. The zero-order chi connectivity index (χ0) is 7.40. The molecule has 0 aromatic rings. The highest BCUT2D eigenvalue weighted by Crippen LogP contribution is 2.12. The van der Waals surface area contributed by atoms with Crippen LogP contribution in [0.5, 0.6) is 0 Å². The van der Waals surface area contributed by atoms with Crippen LogP contribution >= 0.6 is 0 Å². The lowest BCUT2D eigenvalue weighted by Gasteiger charge is -2.05. The highest BCUT2D eigenvalue weighted by molar-refractivity contribution is 6.42. The summed E-state index contributed by atoms with van der Waals surface area (Å²) in [6.07, 6.45) is -0.212. The third-order valence-electron chi connectivity index (χ3n) is 1.31. The van der Waals surface area contributed by atoms with Gasteiger partial charge < -0.3 is 9.47 Å². The van der Waals surface area contributed by atoms with Gasteiger partial charge in [-0.2, -0.15) is 0 Å². The molecule has 0 N–H and O–H groups in total. The van der Waals surface area contributed by atoms with Crippen LogP contribution in [0.1, 0.15) is 6.42 Å². The van der Waals surface area contributed by atoms with Crippen molar-refractivity contribution in [3.8, 4) is 0 Å². The molecule has 0 spiro atoms. The number of ether oxygens (including phenoxy) is 2. The van der Waals surface area contributed by atoms with Crippen molar-refractivity contribution in [1.82, 2.24) is 0 Å². The second kappa shape index (κ2) is 3.88. The van der Waals surface area contributed by atoms with Gasteiger partial charge >= 0.3 is 7.27 Å². The van der Waals surface area contributed by atoms with Gasteiger partial charge in [0.1, 0.15) is 0 Å². The van der Waals surface area contributed by atoms with Gasteiger partial charge in [-0.15, -0.1) is 0 Å². The average molecular weight is 150 g/mol. The van der Waals surface area contributed by atoms with Crippen molar-refractivity contribution < 1.29 is 18.1 Å². The Morgan fingerprint density at radius 2 is 1.90 bits per heavy atom. The maximum atomic E-state index is 11.6. The first-order chi connectivity index (χ1) is 4.79. The van der Waals surface area contributed by atoms with Crippen molar-refractivity contribution in [1.29, 1.82) is 0 Å². The lowest BCUT2D eigenvalue weighted by molar-refractivity contribution is -0.0435. The standard InChI is InChI=1S/C5H9BF2O2/c7-6(8)2-1-5-9-3-4-10-5/h5H,1-4H2. The molecule has 0 aromatic heterocycles. The van der Waals surface area contributed by atoms with Crippen LogP contribution in [-0.4, -0.2) is 26.8 Å². The maximum Gasteiger partial charge on any atom is 0.538 e. The van der Waals surface area contributed by atoms with Crippen molar-refractivity contribution in [2.24, 2.45) is 0 Å². The molecule has 1 aliphatic rings. The van der Waals surface area contributed by atoms with Gasteiger partial charge in [0, 0.05) is 0 Å². The summed E-state index contributed by atoms with van der Waals surface area (Å²) in [6.45, 7) is 1.07. The van der Waals surface area contributed by atoms with Crippen LogP contribution in [0.3, 0.4) is 0 Å². The minimum atomic E-state index is -2.24. The number of rotatable bonds is 3. The highest BCUT2D eigenvalue weighted by Gasteiger charge is 2.20. The molecule has 1 saturated heterocycles. The zero-order valence-corrected chi connectivity index (χ0v) is 5.56. The van der Waals surface area contributed by atoms with Crippen LogP contribution < -0.4 is 0 Å². The van der Waals surface area contributed by atoms with Crippen molar-refractivity contribution in [2.45, 2.75) is 19.0 Å². The maximum absolute atomic E-state index is 11.6. The lowest BCUT2D eigenvalue weighted by atomic mass is 9.91. The number of halogens is 2. The summed E-state index contributed by atoms with van der Waals surface area (Å²) in [5, 5.41) is 0. The summed E-state index contributed by atoms with van der Waals surface area (Å²) in [5.41, 5.74) is 0. The molecule has 0 atom stereocenters. The minimum absolute atomic E-state index is 0.134. The summed E-state index contributed by atoms with van der Waals surface area (Å²) < 4.78 is 33.0. The SMILES string of the molecule is FB(F)CCC1OCCO1. The Bertz CT molecular complexity index is 95.6. The Kier molecular flexibility index (Phi) is 3.08. The Hall–Kier alpha value is -0.155. The van der Waals surface area contributed by atoms with Crippen molar-refractivity contribution >= 4 is 7.27 Å². The van der Waals surface area contributed by atoms with Crippen LogP contribution in [0.2, 0.25) is 6.32 Å². The molecule has 5 heteroatoms. The van der Waals surface area contributed by atoms with Gasteiger partial charge in [0.15, 0.2) is 6.29 Å². The van der Waals surface area contributed by atoms with E-state index >= 15 is 0 Å². The van der Waals surface area contributed by atoms with E-state index in [4.69, 9.17) is 9.47 Å². The van der Waals surface area contributed by atoms with E-state index in [1.165, 1.54) is 0 Å². The molecule has 58 valence electrons. The van der Waals surface area contributed by atoms with Crippen LogP contribution in [0.25, 0.3) is 0 Å². The second-order valence-corrected chi connectivity index (χ2v) is 2.14. The van der Waals surface area contributed by atoms with Gasteiger partial charge in [0.25, 0.3) is 0 Å². The fourth-order valence-electron chi connectivity index (χ4n) is 0.836. The third kappa shape index (κ3) is 2.62. The van der Waals surface area contributed by atoms with E-state index in [9.17, 15) is 8.63 Å². The molecule has 2 nitrogen and oxygen atoms in total. The average Bonchev–Trinajstić information content (AvgIpc) is 2.34. The van der Waals surface area contributed by atoms with Crippen LogP contribution in [0.15, 0.2) is 0 Å². The van der Waals surface area contributed by atoms with Crippen molar-refractivity contribution in [2.75, 3.05) is 13.2 Å². The van der Waals surface area contributed by atoms with Crippen LogP contribution in [-0.2, 0) is 9.47 Å². The Labute approximate surface area is 58.7 Å². The van der Waals surface area contributed by atoms with Crippen molar-refractivity contribution in [3.05, 3.63) is 0 Å². The normalized spacial score (nSPS) is 19.8. The Balaban J connectivity index is 2.01. The second-order valence-electron chi connectivity index (χ2n) is 2.14. The predicted octanol–water partition coefficient (Wildman–Crippen LogP) is 1.18. The molecule has 0 unspecified atom stereocenters. The smallest absolute Gasteiger partial charge is 0.350 e. The van der Waals surface area contributed by atoms with Gasteiger partial charge in [-0.1, -0.05) is 0 Å². The molecule has 10 heavy (non-hydrogen) atoms. The fourth-order valence-corrected chi connectivity index (χ4v) is 0.836. The van der Waals surface area contributed by atoms with Gasteiger partial charge in [-0.05, 0) is 12.7 Å². The summed E-state index contributed by atoms with van der Waals surface area (Å²) >= 11 is 0. The monoisotopic (exact) mass is 150 g/mol. The molecule has 0 radical (unpaired) electrons. The zero-order valence-electron chi connectivity index (χ0n) is 5.56. The van der Waals surface area contributed by atoms with Gasteiger partial charge in [-0.3, -0.25) is 8.63 Å². The van der Waals surface area contributed by atoms with E-state index in [0.717, 1.165) is 0 Å². The van der Waals surface area contributed by atoms with E-state index in [1.54, 1.807) is 0 Å². The van der Waals surface area contributed by atoms with E-state index in [-0.39, 0.29) is 12.6 Å². The number of hydrogen-bond acceptors (Lipinski definition) is 2.